The second-order valence-electron chi connectivity index (χ2n) is 8.12. The van der Waals surface area contributed by atoms with E-state index in [9.17, 15) is 22.4 Å². The highest BCUT2D eigenvalue weighted by atomic mass is 19.4. The van der Waals surface area contributed by atoms with Crippen molar-refractivity contribution in [3.8, 4) is 11.5 Å². The molecule has 0 saturated heterocycles. The maximum Gasteiger partial charge on any atom is 0.392 e. The summed E-state index contributed by atoms with van der Waals surface area (Å²) in [6.45, 7) is 1.31. The molecular weight excluding hydrogens is 432 g/mol. The van der Waals surface area contributed by atoms with Gasteiger partial charge in [0.15, 0.2) is 17.3 Å². The third-order valence-corrected chi connectivity index (χ3v) is 6.43. The Morgan fingerprint density at radius 2 is 1.97 bits per heavy atom. The van der Waals surface area contributed by atoms with E-state index in [4.69, 9.17) is 15.2 Å². The highest BCUT2D eigenvalue weighted by Gasteiger charge is 2.55. The van der Waals surface area contributed by atoms with Crippen molar-refractivity contribution in [2.24, 2.45) is 17.6 Å². The number of fused-ring (bicyclic) bond motifs is 2. The van der Waals surface area contributed by atoms with Crippen LogP contribution in [-0.2, 0) is 0 Å². The SMILES string of the molecule is C[C@H]1[C@@H](c2ccc(F)c3c2OCO3)[C@H](c2nc3c(C(N)=O)nccc3[nH]2)C[C@H]1C(F)(F)F. The molecule has 1 fully saturated rings. The lowest BCUT2D eigenvalue weighted by molar-refractivity contribution is -0.182. The number of benzene rings is 1. The largest absolute Gasteiger partial charge is 0.453 e. The third-order valence-electron chi connectivity index (χ3n) is 6.43. The van der Waals surface area contributed by atoms with E-state index >= 15 is 0 Å². The van der Waals surface area contributed by atoms with Crippen molar-refractivity contribution in [1.29, 1.82) is 0 Å². The van der Waals surface area contributed by atoms with Crippen LogP contribution in [-0.4, -0.2) is 33.8 Å². The number of H-pyrrole nitrogens is 1. The fraction of sp³-hybridized carbons (Fsp3) is 0.381. The van der Waals surface area contributed by atoms with Crippen LogP contribution < -0.4 is 15.2 Å². The van der Waals surface area contributed by atoms with E-state index in [0.717, 1.165) is 0 Å². The van der Waals surface area contributed by atoms with Crippen molar-refractivity contribution < 1.29 is 31.8 Å². The molecule has 2 aliphatic rings. The van der Waals surface area contributed by atoms with Gasteiger partial charge >= 0.3 is 6.18 Å². The predicted molar refractivity (Wildman–Crippen MR) is 104 cm³/mol. The Hall–Kier alpha value is -3.37. The molecule has 2 aromatic heterocycles. The minimum Gasteiger partial charge on any atom is -0.453 e. The number of hydrogen-bond donors (Lipinski definition) is 2. The van der Waals surface area contributed by atoms with Gasteiger partial charge in [0.1, 0.15) is 11.3 Å². The smallest absolute Gasteiger partial charge is 0.392 e. The maximum atomic E-state index is 14.1. The highest BCUT2D eigenvalue weighted by Crippen LogP contribution is 2.59. The Morgan fingerprint density at radius 1 is 1.22 bits per heavy atom. The predicted octanol–water partition coefficient (Wildman–Crippen LogP) is 4.01. The Labute approximate surface area is 178 Å². The molecule has 7 nitrogen and oxygen atoms in total. The van der Waals surface area contributed by atoms with Crippen LogP contribution in [0.3, 0.4) is 0 Å². The molecule has 5 rings (SSSR count). The molecule has 0 radical (unpaired) electrons. The Bertz CT molecular complexity index is 1230. The Kier molecular flexibility index (Phi) is 4.54. The number of carbonyl (C=O) groups excluding carboxylic acids is 1. The van der Waals surface area contributed by atoms with Gasteiger partial charge in [-0.2, -0.15) is 13.2 Å². The van der Waals surface area contributed by atoms with Gasteiger partial charge in [-0.05, 0) is 24.5 Å². The third kappa shape index (κ3) is 3.06. The molecule has 32 heavy (non-hydrogen) atoms. The van der Waals surface area contributed by atoms with Crippen LogP contribution in [0.1, 0.15) is 47.1 Å². The van der Waals surface area contributed by atoms with Crippen LogP contribution in [0, 0.1) is 17.7 Å². The summed E-state index contributed by atoms with van der Waals surface area (Å²) in [7, 11) is 0. The van der Waals surface area contributed by atoms with Gasteiger partial charge < -0.3 is 20.2 Å². The maximum absolute atomic E-state index is 14.1. The first kappa shape index (κ1) is 20.5. The first-order chi connectivity index (χ1) is 15.2. The molecule has 11 heteroatoms. The molecule has 0 unspecified atom stereocenters. The van der Waals surface area contributed by atoms with E-state index in [1.54, 1.807) is 6.07 Å². The van der Waals surface area contributed by atoms with Gasteiger partial charge in [-0.1, -0.05) is 13.0 Å². The number of halogens is 4. The summed E-state index contributed by atoms with van der Waals surface area (Å²) in [5.74, 6) is -5.00. The van der Waals surface area contributed by atoms with Crippen LogP contribution in [0.4, 0.5) is 17.6 Å². The summed E-state index contributed by atoms with van der Waals surface area (Å²) in [5, 5.41) is 0. The molecule has 1 saturated carbocycles. The van der Waals surface area contributed by atoms with Gasteiger partial charge in [-0.15, -0.1) is 0 Å². The zero-order chi connectivity index (χ0) is 22.8. The number of nitrogens with zero attached hydrogens (tertiary/aromatic N) is 2. The van der Waals surface area contributed by atoms with Gasteiger partial charge in [0.2, 0.25) is 12.5 Å². The molecule has 4 atom stereocenters. The molecule has 0 spiro atoms. The first-order valence-electron chi connectivity index (χ1n) is 9.96. The number of primary amides is 1. The van der Waals surface area contributed by atoms with E-state index in [1.165, 1.54) is 25.3 Å². The molecule has 1 aromatic carbocycles. The number of carbonyl (C=O) groups is 1. The van der Waals surface area contributed by atoms with Crippen molar-refractivity contribution in [2.75, 3.05) is 6.79 Å². The number of amides is 1. The van der Waals surface area contributed by atoms with Crippen LogP contribution >= 0.6 is 0 Å². The number of aromatic nitrogens is 3. The number of pyridine rings is 1. The van der Waals surface area contributed by atoms with Crippen LogP contribution in [0.2, 0.25) is 0 Å². The Morgan fingerprint density at radius 3 is 2.69 bits per heavy atom. The molecule has 3 N–H and O–H groups in total. The van der Waals surface area contributed by atoms with Gasteiger partial charge in [0, 0.05) is 23.6 Å². The zero-order valence-corrected chi connectivity index (χ0v) is 16.7. The minimum atomic E-state index is -4.43. The molecule has 3 heterocycles. The van der Waals surface area contributed by atoms with E-state index in [0.29, 0.717) is 11.1 Å². The lowest BCUT2D eigenvalue weighted by atomic mass is 9.81. The van der Waals surface area contributed by atoms with Gasteiger partial charge in [0.05, 0.1) is 11.4 Å². The summed E-state index contributed by atoms with van der Waals surface area (Å²) in [4.78, 5) is 23.1. The fourth-order valence-electron chi connectivity index (χ4n) is 5.02. The summed E-state index contributed by atoms with van der Waals surface area (Å²) < 4.78 is 66.4. The van der Waals surface area contributed by atoms with Crippen molar-refractivity contribution in [2.45, 2.75) is 31.4 Å². The van der Waals surface area contributed by atoms with Crippen LogP contribution in [0.5, 0.6) is 11.5 Å². The van der Waals surface area contributed by atoms with E-state index in [-0.39, 0.29) is 41.7 Å². The standard InChI is InChI=1S/C21H18F4N4O3/c1-8-11(21(23,24)25)6-10(14(8)9-2-3-12(22)18-17(9)31-7-32-18)20-28-13-4-5-27-16(19(26)30)15(13)29-20/h2-5,8,10-11,14H,6-7H2,1H3,(H2,26,30)(H,28,29)/t8-,10-,11-,14+/m1/s1. The summed E-state index contributed by atoms with van der Waals surface area (Å²) in [6, 6.07) is 4.18. The van der Waals surface area contributed by atoms with Gasteiger partial charge in [0.25, 0.3) is 5.91 Å². The summed E-state index contributed by atoms with van der Waals surface area (Å²) in [6.07, 6.45) is -3.30. The number of nitrogens with one attached hydrogen (secondary N) is 1. The van der Waals surface area contributed by atoms with Crippen molar-refractivity contribution in [3.05, 3.63) is 47.3 Å². The van der Waals surface area contributed by atoms with E-state index < -0.39 is 41.6 Å². The average molecular weight is 450 g/mol. The average Bonchev–Trinajstić information content (AvgIpc) is 3.44. The molecule has 1 amide bonds. The molecule has 1 aliphatic heterocycles. The van der Waals surface area contributed by atoms with Crippen molar-refractivity contribution >= 4 is 16.9 Å². The lowest BCUT2D eigenvalue weighted by Crippen LogP contribution is -2.26. The van der Waals surface area contributed by atoms with Crippen LogP contribution in [0.15, 0.2) is 24.4 Å². The molecule has 0 bridgehead atoms. The minimum absolute atomic E-state index is 0.0700. The molecule has 168 valence electrons. The number of imidazole rings is 1. The number of alkyl halides is 3. The molecular formula is C21H18F4N4O3. The second-order valence-corrected chi connectivity index (χ2v) is 8.12. The molecule has 3 aromatic rings. The quantitative estimate of drug-likeness (QED) is 0.587. The number of nitrogens with two attached hydrogens (primary N) is 1. The van der Waals surface area contributed by atoms with Gasteiger partial charge in [-0.3, -0.25) is 4.79 Å². The summed E-state index contributed by atoms with van der Waals surface area (Å²) in [5.41, 5.74) is 6.36. The van der Waals surface area contributed by atoms with E-state index in [1.807, 2.05) is 0 Å². The van der Waals surface area contributed by atoms with Gasteiger partial charge in [-0.25, -0.2) is 14.4 Å². The number of hydrogen-bond acceptors (Lipinski definition) is 5. The Balaban J connectivity index is 1.66. The fourth-order valence-corrected chi connectivity index (χ4v) is 5.02. The topological polar surface area (TPSA) is 103 Å². The first-order valence-corrected chi connectivity index (χ1v) is 9.96. The van der Waals surface area contributed by atoms with E-state index in [2.05, 4.69) is 15.0 Å². The lowest BCUT2D eigenvalue weighted by Gasteiger charge is -2.25. The molecule has 1 aliphatic carbocycles. The number of ether oxygens (including phenoxy) is 2. The monoisotopic (exact) mass is 450 g/mol. The summed E-state index contributed by atoms with van der Waals surface area (Å²) >= 11 is 0. The second kappa shape index (κ2) is 7.07. The van der Waals surface area contributed by atoms with Crippen molar-refractivity contribution in [3.63, 3.8) is 0 Å². The zero-order valence-electron chi connectivity index (χ0n) is 16.7. The van der Waals surface area contributed by atoms with Crippen LogP contribution in [0.25, 0.3) is 11.0 Å². The number of aromatic amines is 1. The number of rotatable bonds is 3. The van der Waals surface area contributed by atoms with Crippen molar-refractivity contribution in [1.82, 2.24) is 15.0 Å². The normalized spacial score (nSPS) is 24.9. The highest BCUT2D eigenvalue weighted by molar-refractivity contribution is 6.02.